The molecule has 2 aromatic carbocycles. The lowest BCUT2D eigenvalue weighted by molar-refractivity contribution is -0.384. The Hall–Kier alpha value is -2.76. The van der Waals surface area contributed by atoms with Crippen LogP contribution in [0, 0.1) is 17.0 Å². The van der Waals surface area contributed by atoms with Gasteiger partial charge in [-0.15, -0.1) is 0 Å². The summed E-state index contributed by atoms with van der Waals surface area (Å²) in [5.74, 6) is 1.41. The maximum atomic E-state index is 10.7. The Labute approximate surface area is 135 Å². The number of rotatable bonds is 7. The van der Waals surface area contributed by atoms with Crippen molar-refractivity contribution in [1.29, 1.82) is 0 Å². The number of nitro benzene ring substituents is 1. The van der Waals surface area contributed by atoms with E-state index in [0.717, 1.165) is 23.2 Å². The molecule has 0 fully saturated rings. The average molecular weight is 316 g/mol. The van der Waals surface area contributed by atoms with E-state index in [0.29, 0.717) is 18.0 Å². The number of ether oxygens (including phenoxy) is 2. The predicted octanol–water partition coefficient (Wildman–Crippen LogP) is 3.58. The monoisotopic (exact) mass is 316 g/mol. The Balaban J connectivity index is 1.98. The van der Waals surface area contributed by atoms with Crippen LogP contribution in [0.25, 0.3) is 0 Å². The molecule has 6 nitrogen and oxygen atoms in total. The van der Waals surface area contributed by atoms with Crippen LogP contribution in [0.1, 0.15) is 11.1 Å². The first kappa shape index (κ1) is 16.6. The number of nitrogens with zero attached hydrogens (tertiary/aromatic N) is 1. The average Bonchev–Trinajstić information content (AvgIpc) is 2.55. The van der Waals surface area contributed by atoms with Gasteiger partial charge in [0.05, 0.1) is 19.1 Å². The minimum atomic E-state index is -0.388. The number of nitro groups is 1. The third-order valence-electron chi connectivity index (χ3n) is 3.60. The van der Waals surface area contributed by atoms with Gasteiger partial charge in [0.1, 0.15) is 0 Å². The van der Waals surface area contributed by atoms with Crippen molar-refractivity contribution in [3.63, 3.8) is 0 Å². The van der Waals surface area contributed by atoms with Crippen molar-refractivity contribution in [2.24, 2.45) is 0 Å². The fourth-order valence-corrected chi connectivity index (χ4v) is 2.34. The van der Waals surface area contributed by atoms with Crippen LogP contribution >= 0.6 is 0 Å². The summed E-state index contributed by atoms with van der Waals surface area (Å²) >= 11 is 0. The van der Waals surface area contributed by atoms with Gasteiger partial charge in [0, 0.05) is 24.4 Å². The number of benzene rings is 2. The quantitative estimate of drug-likeness (QED) is 0.624. The molecule has 0 aliphatic carbocycles. The van der Waals surface area contributed by atoms with Gasteiger partial charge in [0.15, 0.2) is 11.5 Å². The third kappa shape index (κ3) is 4.12. The Morgan fingerprint density at radius 3 is 2.43 bits per heavy atom. The van der Waals surface area contributed by atoms with E-state index in [1.54, 1.807) is 26.4 Å². The molecule has 0 unspecified atom stereocenters. The second-order valence-electron chi connectivity index (χ2n) is 5.12. The Kier molecular flexibility index (Phi) is 5.41. The Morgan fingerprint density at radius 2 is 1.83 bits per heavy atom. The van der Waals surface area contributed by atoms with Gasteiger partial charge in [-0.3, -0.25) is 10.1 Å². The minimum Gasteiger partial charge on any atom is -0.493 e. The van der Waals surface area contributed by atoms with Crippen LogP contribution in [0.15, 0.2) is 36.4 Å². The molecule has 2 aromatic rings. The number of hydrogen-bond donors (Lipinski definition) is 1. The lowest BCUT2D eigenvalue weighted by Gasteiger charge is -2.11. The molecule has 0 amide bonds. The molecule has 23 heavy (non-hydrogen) atoms. The van der Waals surface area contributed by atoms with Crippen molar-refractivity contribution in [2.45, 2.75) is 13.3 Å². The van der Waals surface area contributed by atoms with Crippen molar-refractivity contribution in [2.75, 3.05) is 26.1 Å². The zero-order valence-corrected chi connectivity index (χ0v) is 13.5. The fraction of sp³-hybridized carbons (Fsp3) is 0.294. The SMILES string of the molecule is COc1ccc(CCNc2ccc([N+](=O)[O-])cc2C)cc1OC. The molecule has 0 heterocycles. The summed E-state index contributed by atoms with van der Waals surface area (Å²) in [7, 11) is 3.22. The van der Waals surface area contributed by atoms with Crippen molar-refractivity contribution in [3.8, 4) is 11.5 Å². The summed E-state index contributed by atoms with van der Waals surface area (Å²) in [5, 5.41) is 14.0. The highest BCUT2D eigenvalue weighted by atomic mass is 16.6. The molecule has 0 radical (unpaired) electrons. The number of hydrogen-bond acceptors (Lipinski definition) is 5. The summed E-state index contributed by atoms with van der Waals surface area (Å²) in [5.41, 5.74) is 2.98. The van der Waals surface area contributed by atoms with E-state index < -0.39 is 0 Å². The first-order chi connectivity index (χ1) is 11.0. The van der Waals surface area contributed by atoms with Crippen LogP contribution in [0.2, 0.25) is 0 Å². The second kappa shape index (κ2) is 7.49. The molecule has 0 bridgehead atoms. The summed E-state index contributed by atoms with van der Waals surface area (Å²) in [4.78, 5) is 10.4. The molecular formula is C17H20N2O4. The van der Waals surface area contributed by atoms with E-state index in [1.807, 2.05) is 25.1 Å². The molecule has 122 valence electrons. The number of methoxy groups -OCH3 is 2. The highest BCUT2D eigenvalue weighted by molar-refractivity contribution is 5.55. The van der Waals surface area contributed by atoms with E-state index in [1.165, 1.54) is 6.07 Å². The maximum absolute atomic E-state index is 10.7. The smallest absolute Gasteiger partial charge is 0.269 e. The lowest BCUT2D eigenvalue weighted by atomic mass is 10.1. The van der Waals surface area contributed by atoms with Crippen LogP contribution in [0.4, 0.5) is 11.4 Å². The van der Waals surface area contributed by atoms with Crippen LogP contribution < -0.4 is 14.8 Å². The third-order valence-corrected chi connectivity index (χ3v) is 3.60. The molecular weight excluding hydrogens is 296 g/mol. The van der Waals surface area contributed by atoms with Crippen molar-refractivity contribution < 1.29 is 14.4 Å². The number of aryl methyl sites for hydroxylation is 1. The molecule has 0 atom stereocenters. The number of anilines is 1. The Morgan fingerprint density at radius 1 is 1.09 bits per heavy atom. The molecule has 0 saturated carbocycles. The van der Waals surface area contributed by atoms with Crippen LogP contribution in [-0.2, 0) is 6.42 Å². The van der Waals surface area contributed by atoms with Gasteiger partial charge < -0.3 is 14.8 Å². The standard InChI is InChI=1S/C17H20N2O4/c1-12-10-14(19(20)21)5-6-15(12)18-9-8-13-4-7-16(22-2)17(11-13)23-3/h4-7,10-11,18H,8-9H2,1-3H3. The van der Waals surface area contributed by atoms with E-state index in [4.69, 9.17) is 9.47 Å². The van der Waals surface area contributed by atoms with E-state index >= 15 is 0 Å². The summed E-state index contributed by atoms with van der Waals surface area (Å²) in [6, 6.07) is 10.6. The molecule has 0 aromatic heterocycles. The van der Waals surface area contributed by atoms with E-state index in [9.17, 15) is 10.1 Å². The predicted molar refractivity (Wildman–Crippen MR) is 89.6 cm³/mol. The molecule has 6 heteroatoms. The van der Waals surface area contributed by atoms with Gasteiger partial charge >= 0.3 is 0 Å². The normalized spacial score (nSPS) is 10.2. The lowest BCUT2D eigenvalue weighted by Crippen LogP contribution is -2.06. The number of non-ortho nitro benzene ring substituents is 1. The largest absolute Gasteiger partial charge is 0.493 e. The summed E-state index contributed by atoms with van der Waals surface area (Å²) < 4.78 is 10.5. The van der Waals surface area contributed by atoms with Crippen molar-refractivity contribution in [3.05, 3.63) is 57.6 Å². The topological polar surface area (TPSA) is 73.6 Å². The van der Waals surface area contributed by atoms with Gasteiger partial charge in [-0.1, -0.05) is 6.07 Å². The molecule has 0 saturated heterocycles. The molecule has 1 N–H and O–H groups in total. The maximum Gasteiger partial charge on any atom is 0.269 e. The first-order valence-electron chi connectivity index (χ1n) is 7.25. The molecule has 2 rings (SSSR count). The zero-order valence-electron chi connectivity index (χ0n) is 13.5. The first-order valence-corrected chi connectivity index (χ1v) is 7.25. The highest BCUT2D eigenvalue weighted by Crippen LogP contribution is 2.28. The van der Waals surface area contributed by atoms with Gasteiger partial charge in [0.2, 0.25) is 0 Å². The van der Waals surface area contributed by atoms with Crippen LogP contribution in [-0.4, -0.2) is 25.7 Å². The molecule has 0 aliphatic heterocycles. The fourth-order valence-electron chi connectivity index (χ4n) is 2.34. The van der Waals surface area contributed by atoms with Crippen LogP contribution in [0.5, 0.6) is 11.5 Å². The van der Waals surface area contributed by atoms with E-state index in [2.05, 4.69) is 5.32 Å². The van der Waals surface area contributed by atoms with Crippen molar-refractivity contribution in [1.82, 2.24) is 0 Å². The summed E-state index contributed by atoms with van der Waals surface area (Å²) in [6.07, 6.45) is 0.802. The van der Waals surface area contributed by atoms with E-state index in [-0.39, 0.29) is 10.6 Å². The van der Waals surface area contributed by atoms with Gasteiger partial charge in [-0.25, -0.2) is 0 Å². The Bertz CT molecular complexity index is 701. The van der Waals surface area contributed by atoms with Crippen molar-refractivity contribution >= 4 is 11.4 Å². The van der Waals surface area contributed by atoms with Gasteiger partial charge in [-0.2, -0.15) is 0 Å². The molecule has 0 aliphatic rings. The summed E-state index contributed by atoms with van der Waals surface area (Å²) in [6.45, 7) is 2.57. The highest BCUT2D eigenvalue weighted by Gasteiger charge is 2.08. The van der Waals surface area contributed by atoms with Gasteiger partial charge in [-0.05, 0) is 42.7 Å². The zero-order chi connectivity index (χ0) is 16.8. The number of nitrogens with one attached hydrogen (secondary N) is 1. The minimum absolute atomic E-state index is 0.105. The van der Waals surface area contributed by atoms with Gasteiger partial charge in [0.25, 0.3) is 5.69 Å². The molecule has 0 spiro atoms. The second-order valence-corrected chi connectivity index (χ2v) is 5.12. The van der Waals surface area contributed by atoms with Crippen LogP contribution in [0.3, 0.4) is 0 Å².